The summed E-state index contributed by atoms with van der Waals surface area (Å²) in [5.74, 6) is 0. The molecule has 182 valence electrons. The maximum Gasteiger partial charge on any atom is 0.175 e. The number of aromatic nitrogens is 4. The van der Waals surface area contributed by atoms with Crippen molar-refractivity contribution in [1.29, 1.82) is 0 Å². The number of halogens is 2. The van der Waals surface area contributed by atoms with Gasteiger partial charge >= 0.3 is 0 Å². The maximum atomic E-state index is 6.17. The molecule has 35 heavy (non-hydrogen) atoms. The molecule has 0 fully saturated rings. The average Bonchev–Trinajstić information content (AvgIpc) is 3.22. The summed E-state index contributed by atoms with van der Waals surface area (Å²) in [7, 11) is 0. The van der Waals surface area contributed by atoms with E-state index in [4.69, 9.17) is 40.5 Å². The van der Waals surface area contributed by atoms with Crippen molar-refractivity contribution < 1.29 is 0 Å². The van der Waals surface area contributed by atoms with Crippen LogP contribution >= 0.6 is 35.4 Å². The Balaban J connectivity index is 1.47. The Labute approximate surface area is 221 Å². The highest BCUT2D eigenvalue weighted by Gasteiger charge is 2.17. The number of aryl methyl sites for hydroxylation is 3. The van der Waals surface area contributed by atoms with Crippen LogP contribution in [-0.2, 0) is 13.1 Å². The van der Waals surface area contributed by atoms with Gasteiger partial charge in [0, 0.05) is 0 Å². The van der Waals surface area contributed by atoms with Crippen LogP contribution in [0.4, 0.5) is 11.4 Å². The number of nitrogens with one attached hydrogen (secondary N) is 2. The van der Waals surface area contributed by atoms with E-state index in [9.17, 15) is 0 Å². The molecular formula is C26H28Cl2N6S. The third-order valence-electron chi connectivity index (χ3n) is 6.01. The van der Waals surface area contributed by atoms with E-state index in [0.717, 1.165) is 39.7 Å². The summed E-state index contributed by atoms with van der Waals surface area (Å²) in [6, 6.07) is 14.1. The average molecular weight is 528 g/mol. The third kappa shape index (κ3) is 5.69. The number of hydrogen-bond acceptors (Lipinski definition) is 3. The summed E-state index contributed by atoms with van der Waals surface area (Å²) in [5, 5.41) is 17.6. The van der Waals surface area contributed by atoms with Gasteiger partial charge in [0.15, 0.2) is 5.11 Å². The number of rotatable bonds is 6. The zero-order valence-corrected chi connectivity index (χ0v) is 22.7. The van der Waals surface area contributed by atoms with E-state index in [2.05, 4.69) is 46.9 Å². The molecule has 4 aromatic rings. The van der Waals surface area contributed by atoms with Crippen molar-refractivity contribution in [2.75, 3.05) is 10.6 Å². The van der Waals surface area contributed by atoms with Gasteiger partial charge in [0.1, 0.15) is 0 Å². The van der Waals surface area contributed by atoms with Crippen LogP contribution in [0.25, 0.3) is 0 Å². The van der Waals surface area contributed by atoms with E-state index in [1.54, 1.807) is 6.07 Å². The van der Waals surface area contributed by atoms with Crippen LogP contribution in [0.3, 0.4) is 0 Å². The molecule has 0 aliphatic carbocycles. The Kier molecular flexibility index (Phi) is 7.50. The van der Waals surface area contributed by atoms with E-state index in [1.165, 1.54) is 11.1 Å². The molecular weight excluding hydrogens is 499 g/mol. The van der Waals surface area contributed by atoms with Crippen molar-refractivity contribution in [3.05, 3.63) is 92.0 Å². The second-order valence-electron chi connectivity index (χ2n) is 8.72. The fraction of sp³-hybridized carbons (Fsp3) is 0.269. The molecule has 6 nitrogen and oxygen atoms in total. The lowest BCUT2D eigenvalue weighted by molar-refractivity contribution is 0.659. The SMILES string of the molecule is Cc1ccc(Cn2nc(C)c(NC(=S)Nc3c(C)nn(Cc4ccc(Cl)c(Cl)c4)c3C)c2C)cc1. The first kappa shape index (κ1) is 25.2. The maximum absolute atomic E-state index is 6.17. The van der Waals surface area contributed by atoms with Crippen LogP contribution in [0.5, 0.6) is 0 Å². The number of thiocarbonyl (C=S) groups is 1. The molecule has 2 heterocycles. The van der Waals surface area contributed by atoms with E-state index in [-0.39, 0.29) is 0 Å². The largest absolute Gasteiger partial charge is 0.329 e. The van der Waals surface area contributed by atoms with E-state index < -0.39 is 0 Å². The molecule has 9 heteroatoms. The Morgan fingerprint density at radius 2 is 1.23 bits per heavy atom. The zero-order valence-electron chi connectivity index (χ0n) is 20.4. The predicted octanol–water partition coefficient (Wildman–Crippen LogP) is 6.83. The van der Waals surface area contributed by atoms with E-state index in [0.29, 0.717) is 28.2 Å². The molecule has 0 amide bonds. The van der Waals surface area contributed by atoms with Crippen molar-refractivity contribution in [3.63, 3.8) is 0 Å². The first-order chi connectivity index (χ1) is 16.6. The molecule has 0 aliphatic rings. The number of anilines is 2. The van der Waals surface area contributed by atoms with Gasteiger partial charge in [-0.25, -0.2) is 0 Å². The van der Waals surface area contributed by atoms with Gasteiger partial charge in [0.05, 0.1) is 57.3 Å². The molecule has 0 spiro atoms. The van der Waals surface area contributed by atoms with Crippen molar-refractivity contribution in [1.82, 2.24) is 19.6 Å². The first-order valence-electron chi connectivity index (χ1n) is 11.3. The summed E-state index contributed by atoms with van der Waals surface area (Å²) >= 11 is 17.9. The Morgan fingerprint density at radius 1 is 0.743 bits per heavy atom. The molecule has 0 radical (unpaired) electrons. The minimum absolute atomic E-state index is 0.492. The fourth-order valence-electron chi connectivity index (χ4n) is 4.00. The highest BCUT2D eigenvalue weighted by atomic mass is 35.5. The van der Waals surface area contributed by atoms with Gasteiger partial charge in [-0.05, 0) is 70.1 Å². The number of hydrogen-bond donors (Lipinski definition) is 2. The van der Waals surface area contributed by atoms with Gasteiger partial charge in [0.2, 0.25) is 0 Å². The second-order valence-corrected chi connectivity index (χ2v) is 9.94. The summed E-state index contributed by atoms with van der Waals surface area (Å²) in [5.41, 5.74) is 9.00. The van der Waals surface area contributed by atoms with Crippen LogP contribution in [0, 0.1) is 34.6 Å². The molecule has 2 N–H and O–H groups in total. The van der Waals surface area contributed by atoms with E-state index in [1.807, 2.05) is 49.2 Å². The fourth-order valence-corrected chi connectivity index (χ4v) is 4.52. The summed E-state index contributed by atoms with van der Waals surface area (Å²) in [4.78, 5) is 0. The van der Waals surface area contributed by atoms with Crippen LogP contribution < -0.4 is 10.6 Å². The van der Waals surface area contributed by atoms with Crippen molar-refractivity contribution >= 4 is 51.9 Å². The number of benzene rings is 2. The lowest BCUT2D eigenvalue weighted by atomic mass is 10.1. The van der Waals surface area contributed by atoms with Crippen LogP contribution in [-0.4, -0.2) is 24.7 Å². The lowest BCUT2D eigenvalue weighted by Gasteiger charge is -2.12. The summed E-state index contributed by atoms with van der Waals surface area (Å²) in [6.07, 6.45) is 0. The van der Waals surface area contributed by atoms with Gasteiger partial charge in [-0.1, -0.05) is 59.1 Å². The van der Waals surface area contributed by atoms with Crippen molar-refractivity contribution in [3.8, 4) is 0 Å². The highest BCUT2D eigenvalue weighted by Crippen LogP contribution is 2.26. The molecule has 2 aromatic heterocycles. The number of nitrogens with zero attached hydrogens (tertiary/aromatic N) is 4. The van der Waals surface area contributed by atoms with Crippen molar-refractivity contribution in [2.45, 2.75) is 47.7 Å². The quantitative estimate of drug-likeness (QED) is 0.269. The normalized spacial score (nSPS) is 11.1. The molecule has 0 atom stereocenters. The Morgan fingerprint density at radius 3 is 1.74 bits per heavy atom. The van der Waals surface area contributed by atoms with Gasteiger partial charge in [0.25, 0.3) is 0 Å². The predicted molar refractivity (Wildman–Crippen MR) is 149 cm³/mol. The van der Waals surface area contributed by atoms with E-state index >= 15 is 0 Å². The van der Waals surface area contributed by atoms with Crippen LogP contribution in [0.15, 0.2) is 42.5 Å². The van der Waals surface area contributed by atoms with Gasteiger partial charge in [-0.3, -0.25) is 9.36 Å². The molecule has 0 unspecified atom stereocenters. The summed E-state index contributed by atoms with van der Waals surface area (Å²) < 4.78 is 3.92. The molecule has 2 aromatic carbocycles. The topological polar surface area (TPSA) is 59.7 Å². The minimum Gasteiger partial charge on any atom is -0.329 e. The van der Waals surface area contributed by atoms with Gasteiger partial charge in [-0.15, -0.1) is 0 Å². The lowest BCUT2D eigenvalue weighted by Crippen LogP contribution is -2.21. The monoisotopic (exact) mass is 526 g/mol. The standard InChI is InChI=1S/C26H28Cl2N6S/c1-15-6-8-20(9-7-15)13-33-18(4)24(16(2)31-33)29-26(35)30-25-17(3)32-34(19(25)5)14-21-10-11-22(27)23(28)12-21/h6-12H,13-14H2,1-5H3,(H2,29,30,35). The molecule has 0 bridgehead atoms. The molecule has 0 aliphatic heterocycles. The smallest absolute Gasteiger partial charge is 0.175 e. The minimum atomic E-state index is 0.492. The Hall–Kier alpha value is -2.87. The summed E-state index contributed by atoms with van der Waals surface area (Å²) in [6.45, 7) is 11.4. The molecule has 0 saturated carbocycles. The van der Waals surface area contributed by atoms with Gasteiger partial charge in [-0.2, -0.15) is 10.2 Å². The highest BCUT2D eigenvalue weighted by molar-refractivity contribution is 7.80. The first-order valence-corrected chi connectivity index (χ1v) is 12.4. The molecule has 4 rings (SSSR count). The third-order valence-corrected chi connectivity index (χ3v) is 6.95. The van der Waals surface area contributed by atoms with Gasteiger partial charge < -0.3 is 10.6 Å². The van der Waals surface area contributed by atoms with Crippen LogP contribution in [0.1, 0.15) is 39.5 Å². The molecule has 0 saturated heterocycles. The zero-order chi connectivity index (χ0) is 25.3. The van der Waals surface area contributed by atoms with Crippen molar-refractivity contribution in [2.24, 2.45) is 0 Å². The second kappa shape index (κ2) is 10.4. The Bertz CT molecular complexity index is 1390. The van der Waals surface area contributed by atoms with Crippen LogP contribution in [0.2, 0.25) is 10.0 Å².